The van der Waals surface area contributed by atoms with Crippen molar-refractivity contribution in [3.05, 3.63) is 35.4 Å². The van der Waals surface area contributed by atoms with E-state index in [0.717, 1.165) is 17.8 Å². The average Bonchev–Trinajstić information content (AvgIpc) is 2.90. The van der Waals surface area contributed by atoms with Crippen molar-refractivity contribution in [2.24, 2.45) is 0 Å². The SMILES string of the molecule is Cc1ccnc(SCC(=O)N2CCCn3nc([C@@H](O)CO)cc3C2)n1. The highest BCUT2D eigenvalue weighted by Crippen LogP contribution is 2.20. The molecule has 1 atom stereocenters. The average molecular weight is 363 g/mol. The van der Waals surface area contributed by atoms with E-state index in [-0.39, 0.29) is 18.3 Å². The molecule has 0 radical (unpaired) electrons. The Morgan fingerprint density at radius 3 is 3.04 bits per heavy atom. The fourth-order valence-corrected chi connectivity index (χ4v) is 3.45. The third kappa shape index (κ3) is 4.36. The van der Waals surface area contributed by atoms with Gasteiger partial charge in [0.15, 0.2) is 5.16 Å². The molecule has 1 amide bonds. The van der Waals surface area contributed by atoms with E-state index in [1.165, 1.54) is 11.8 Å². The molecule has 1 aliphatic rings. The number of carbonyl (C=O) groups excluding carboxylic acids is 1. The van der Waals surface area contributed by atoms with Crippen LogP contribution in [0.2, 0.25) is 0 Å². The molecule has 9 heteroatoms. The summed E-state index contributed by atoms with van der Waals surface area (Å²) in [6.07, 6.45) is 1.49. The number of aromatic nitrogens is 4. The van der Waals surface area contributed by atoms with Crippen LogP contribution in [0, 0.1) is 6.92 Å². The van der Waals surface area contributed by atoms with Gasteiger partial charge in [-0.05, 0) is 25.5 Å². The quantitative estimate of drug-likeness (QED) is 0.590. The lowest BCUT2D eigenvalue weighted by atomic mass is 10.2. The summed E-state index contributed by atoms with van der Waals surface area (Å²) in [6.45, 7) is 3.31. The normalized spacial score (nSPS) is 15.6. The molecule has 0 fully saturated rings. The van der Waals surface area contributed by atoms with Gasteiger partial charge in [0, 0.05) is 25.0 Å². The van der Waals surface area contributed by atoms with Crippen LogP contribution in [0.4, 0.5) is 0 Å². The zero-order valence-corrected chi connectivity index (χ0v) is 14.8. The van der Waals surface area contributed by atoms with Gasteiger partial charge >= 0.3 is 0 Å². The van der Waals surface area contributed by atoms with E-state index in [4.69, 9.17) is 5.11 Å². The topological polar surface area (TPSA) is 104 Å². The van der Waals surface area contributed by atoms with Gasteiger partial charge in [-0.15, -0.1) is 0 Å². The third-order valence-corrected chi connectivity index (χ3v) is 4.84. The second-order valence-electron chi connectivity index (χ2n) is 5.92. The first-order valence-electron chi connectivity index (χ1n) is 8.12. The number of rotatable bonds is 5. The molecule has 0 unspecified atom stereocenters. The van der Waals surface area contributed by atoms with Gasteiger partial charge in [-0.3, -0.25) is 9.48 Å². The minimum Gasteiger partial charge on any atom is -0.393 e. The van der Waals surface area contributed by atoms with E-state index in [9.17, 15) is 9.90 Å². The van der Waals surface area contributed by atoms with Crippen LogP contribution in [0.5, 0.6) is 0 Å². The Morgan fingerprint density at radius 2 is 2.28 bits per heavy atom. The van der Waals surface area contributed by atoms with Crippen molar-refractivity contribution in [2.45, 2.75) is 37.7 Å². The molecule has 0 bridgehead atoms. The number of hydrogen-bond acceptors (Lipinski definition) is 7. The summed E-state index contributed by atoms with van der Waals surface area (Å²) in [5, 5.41) is 23.7. The van der Waals surface area contributed by atoms with Crippen LogP contribution in [0.15, 0.2) is 23.5 Å². The Balaban J connectivity index is 1.64. The molecule has 0 aliphatic carbocycles. The number of fused-ring (bicyclic) bond motifs is 1. The highest BCUT2D eigenvalue weighted by Gasteiger charge is 2.22. The predicted octanol–water partition coefficient (Wildman–Crippen LogP) is 0.532. The van der Waals surface area contributed by atoms with Gasteiger partial charge in [-0.2, -0.15) is 5.10 Å². The van der Waals surface area contributed by atoms with E-state index >= 15 is 0 Å². The molecule has 3 rings (SSSR count). The predicted molar refractivity (Wildman–Crippen MR) is 91.8 cm³/mol. The Kier molecular flexibility index (Phi) is 5.67. The van der Waals surface area contributed by atoms with Gasteiger partial charge in [0.05, 0.1) is 30.3 Å². The van der Waals surface area contributed by atoms with Crippen molar-refractivity contribution in [3.8, 4) is 0 Å². The molecule has 25 heavy (non-hydrogen) atoms. The first-order valence-corrected chi connectivity index (χ1v) is 9.11. The van der Waals surface area contributed by atoms with Crippen molar-refractivity contribution in [3.63, 3.8) is 0 Å². The molecule has 2 aromatic heterocycles. The van der Waals surface area contributed by atoms with Crippen LogP contribution in [0.1, 0.15) is 29.6 Å². The van der Waals surface area contributed by atoms with Gasteiger partial charge in [0.2, 0.25) is 5.91 Å². The molecule has 0 spiro atoms. The molecule has 0 aromatic carbocycles. The molecule has 0 saturated carbocycles. The number of aryl methyl sites for hydroxylation is 2. The lowest BCUT2D eigenvalue weighted by Gasteiger charge is -2.19. The molecule has 3 heterocycles. The van der Waals surface area contributed by atoms with E-state index in [2.05, 4.69) is 15.1 Å². The minimum absolute atomic E-state index is 0.0222. The number of nitrogens with zero attached hydrogens (tertiary/aromatic N) is 5. The lowest BCUT2D eigenvalue weighted by molar-refractivity contribution is -0.128. The Morgan fingerprint density at radius 1 is 1.44 bits per heavy atom. The van der Waals surface area contributed by atoms with E-state index in [1.54, 1.807) is 21.8 Å². The van der Waals surface area contributed by atoms with Crippen molar-refractivity contribution < 1.29 is 15.0 Å². The largest absolute Gasteiger partial charge is 0.393 e. The monoisotopic (exact) mass is 363 g/mol. The molecule has 8 nitrogen and oxygen atoms in total. The fourth-order valence-electron chi connectivity index (χ4n) is 2.67. The van der Waals surface area contributed by atoms with Crippen molar-refractivity contribution in [2.75, 3.05) is 18.9 Å². The first kappa shape index (κ1) is 17.8. The summed E-state index contributed by atoms with van der Waals surface area (Å²) in [7, 11) is 0. The maximum absolute atomic E-state index is 12.5. The van der Waals surface area contributed by atoms with Gasteiger partial charge in [0.1, 0.15) is 6.10 Å². The molecular formula is C16H21N5O3S. The Labute approximate surface area is 149 Å². The Hall–Kier alpha value is -1.97. The summed E-state index contributed by atoms with van der Waals surface area (Å²) >= 11 is 1.33. The van der Waals surface area contributed by atoms with Crippen LogP contribution < -0.4 is 0 Å². The summed E-state index contributed by atoms with van der Waals surface area (Å²) in [4.78, 5) is 22.8. The van der Waals surface area contributed by atoms with Gasteiger partial charge in [-0.1, -0.05) is 11.8 Å². The number of thioether (sulfide) groups is 1. The van der Waals surface area contributed by atoms with Gasteiger partial charge in [0.25, 0.3) is 0 Å². The van der Waals surface area contributed by atoms with Crippen molar-refractivity contribution >= 4 is 17.7 Å². The highest BCUT2D eigenvalue weighted by molar-refractivity contribution is 7.99. The van der Waals surface area contributed by atoms with Crippen LogP contribution in [-0.4, -0.2) is 59.7 Å². The highest BCUT2D eigenvalue weighted by atomic mass is 32.2. The molecule has 2 aromatic rings. The number of hydrogen-bond donors (Lipinski definition) is 2. The maximum atomic E-state index is 12.5. The molecule has 0 saturated heterocycles. The van der Waals surface area contributed by atoms with E-state index < -0.39 is 6.10 Å². The second kappa shape index (κ2) is 7.94. The summed E-state index contributed by atoms with van der Waals surface area (Å²) < 4.78 is 1.80. The molecular weight excluding hydrogens is 342 g/mol. The first-order chi connectivity index (χ1) is 12.1. The lowest BCUT2D eigenvalue weighted by Crippen LogP contribution is -2.32. The summed E-state index contributed by atoms with van der Waals surface area (Å²) in [5.74, 6) is 0.304. The number of carbonyl (C=O) groups is 1. The van der Waals surface area contributed by atoms with Crippen LogP contribution in [0.3, 0.4) is 0 Å². The molecule has 2 N–H and O–H groups in total. The van der Waals surface area contributed by atoms with Crippen molar-refractivity contribution in [1.82, 2.24) is 24.6 Å². The zero-order valence-electron chi connectivity index (χ0n) is 14.0. The third-order valence-electron chi connectivity index (χ3n) is 4.00. The standard InChI is InChI=1S/C16H21N5O3S/c1-11-3-4-17-16(18-11)25-10-15(24)20-5-2-6-21-12(8-20)7-13(19-21)14(23)9-22/h3-4,7,14,22-23H,2,5-6,8-10H2,1H3/t14-/m0/s1. The maximum Gasteiger partial charge on any atom is 0.233 e. The zero-order chi connectivity index (χ0) is 17.8. The van der Waals surface area contributed by atoms with Crippen LogP contribution in [-0.2, 0) is 17.9 Å². The number of aliphatic hydroxyl groups is 2. The molecule has 1 aliphatic heterocycles. The van der Waals surface area contributed by atoms with Gasteiger partial charge in [-0.25, -0.2) is 9.97 Å². The van der Waals surface area contributed by atoms with E-state index in [1.807, 2.05) is 13.0 Å². The van der Waals surface area contributed by atoms with Crippen LogP contribution >= 0.6 is 11.8 Å². The van der Waals surface area contributed by atoms with Crippen LogP contribution in [0.25, 0.3) is 0 Å². The second-order valence-corrected chi connectivity index (χ2v) is 6.86. The number of amides is 1. The van der Waals surface area contributed by atoms with Gasteiger partial charge < -0.3 is 15.1 Å². The summed E-state index contributed by atoms with van der Waals surface area (Å²) in [5.41, 5.74) is 2.18. The molecule has 134 valence electrons. The number of aliphatic hydroxyl groups excluding tert-OH is 2. The minimum atomic E-state index is -0.988. The van der Waals surface area contributed by atoms with Crippen molar-refractivity contribution in [1.29, 1.82) is 0 Å². The summed E-state index contributed by atoms with van der Waals surface area (Å²) in [6, 6.07) is 3.57. The smallest absolute Gasteiger partial charge is 0.233 e. The fraction of sp³-hybridized carbons (Fsp3) is 0.500. The Bertz CT molecular complexity index is 751. The van der Waals surface area contributed by atoms with E-state index in [0.29, 0.717) is 30.5 Å².